The van der Waals surface area contributed by atoms with Crippen molar-refractivity contribution in [1.82, 2.24) is 20.4 Å². The van der Waals surface area contributed by atoms with Gasteiger partial charge in [0.15, 0.2) is 0 Å². The van der Waals surface area contributed by atoms with Crippen molar-refractivity contribution in [3.8, 4) is 6.07 Å². The van der Waals surface area contributed by atoms with Crippen molar-refractivity contribution in [2.45, 2.75) is 6.42 Å². The number of carbonyl (C=O) groups is 2. The molecule has 1 aliphatic rings. The van der Waals surface area contributed by atoms with Gasteiger partial charge < -0.3 is 9.97 Å². The summed E-state index contributed by atoms with van der Waals surface area (Å²) in [6.07, 6.45) is 3.64. The van der Waals surface area contributed by atoms with Crippen LogP contribution in [-0.4, -0.2) is 33.3 Å². The number of hydrazine groups is 1. The van der Waals surface area contributed by atoms with Gasteiger partial charge in [-0.1, -0.05) is 18.2 Å². The Balaban J connectivity index is 1.86. The number of nitrogens with zero attached hydrogens (tertiary/aromatic N) is 2. The zero-order chi connectivity index (χ0) is 18.1. The maximum Gasteiger partial charge on any atom is 0.278 e. The molecule has 0 fully saturated rings. The maximum atomic E-state index is 13.0. The van der Waals surface area contributed by atoms with Gasteiger partial charge in [0.1, 0.15) is 0 Å². The van der Waals surface area contributed by atoms with Gasteiger partial charge in [-0.3, -0.25) is 9.59 Å². The molecule has 0 spiro atoms. The van der Waals surface area contributed by atoms with E-state index in [2.05, 4.69) is 15.4 Å². The molecule has 0 saturated carbocycles. The van der Waals surface area contributed by atoms with E-state index in [0.717, 1.165) is 15.9 Å². The van der Waals surface area contributed by atoms with Crippen molar-refractivity contribution >= 4 is 33.9 Å². The van der Waals surface area contributed by atoms with E-state index in [1.807, 2.05) is 30.3 Å². The van der Waals surface area contributed by atoms with Crippen LogP contribution in [0.5, 0.6) is 0 Å². The molecule has 0 saturated heterocycles. The van der Waals surface area contributed by atoms with Gasteiger partial charge in [-0.25, -0.2) is 10.4 Å². The van der Waals surface area contributed by atoms with Gasteiger partial charge >= 0.3 is 0 Å². The van der Waals surface area contributed by atoms with E-state index in [0.29, 0.717) is 22.4 Å². The molecule has 1 aliphatic heterocycles. The quantitative estimate of drug-likeness (QED) is 0.487. The van der Waals surface area contributed by atoms with Crippen LogP contribution in [0.3, 0.4) is 0 Å². The van der Waals surface area contributed by atoms with Crippen LogP contribution in [0.15, 0.2) is 48.8 Å². The number of benzene rings is 1. The van der Waals surface area contributed by atoms with Gasteiger partial charge in [0.25, 0.3) is 11.8 Å². The number of aromatic nitrogens is 2. The molecule has 0 radical (unpaired) electrons. The van der Waals surface area contributed by atoms with Gasteiger partial charge in [0.05, 0.1) is 22.9 Å². The average molecular weight is 345 g/mol. The Bertz CT molecular complexity index is 1070. The highest BCUT2D eigenvalue weighted by molar-refractivity contribution is 6.49. The average Bonchev–Trinajstić information content (AvgIpc) is 3.36. The van der Waals surface area contributed by atoms with Crippen LogP contribution in [0.4, 0.5) is 0 Å². The molecule has 1 aromatic carbocycles. The summed E-state index contributed by atoms with van der Waals surface area (Å²) in [7, 11) is 0. The van der Waals surface area contributed by atoms with E-state index in [-0.39, 0.29) is 13.0 Å². The van der Waals surface area contributed by atoms with Crippen LogP contribution in [0.2, 0.25) is 0 Å². The summed E-state index contributed by atoms with van der Waals surface area (Å²) in [5, 5.41) is 10.6. The predicted octanol–water partition coefficient (Wildman–Crippen LogP) is 2.19. The lowest BCUT2D eigenvalue weighted by Crippen LogP contribution is -2.43. The Kier molecular flexibility index (Phi) is 3.88. The van der Waals surface area contributed by atoms with Crippen molar-refractivity contribution in [2.75, 3.05) is 6.54 Å². The third-order valence-electron chi connectivity index (χ3n) is 4.32. The fourth-order valence-electron chi connectivity index (χ4n) is 3.16. The van der Waals surface area contributed by atoms with Crippen molar-refractivity contribution in [1.29, 1.82) is 5.26 Å². The van der Waals surface area contributed by atoms with Crippen molar-refractivity contribution in [3.63, 3.8) is 0 Å². The third kappa shape index (κ3) is 2.41. The van der Waals surface area contributed by atoms with Crippen LogP contribution in [0.25, 0.3) is 22.0 Å². The highest BCUT2D eigenvalue weighted by Gasteiger charge is 2.40. The Labute approximate surface area is 148 Å². The zero-order valence-electron chi connectivity index (χ0n) is 13.7. The number of nitrogens with one attached hydrogen (secondary N) is 3. The minimum Gasteiger partial charge on any atom is -0.361 e. The first-order chi connectivity index (χ1) is 12.7. The number of hydrogen-bond acceptors (Lipinski definition) is 4. The molecule has 2 amide bonds. The lowest BCUT2D eigenvalue weighted by molar-refractivity contribution is -0.139. The molecule has 128 valence electrons. The molecule has 26 heavy (non-hydrogen) atoms. The number of aromatic amines is 2. The highest BCUT2D eigenvalue weighted by Crippen LogP contribution is 2.37. The molecule has 0 bridgehead atoms. The minimum atomic E-state index is -0.435. The molecule has 2 aromatic heterocycles. The van der Waals surface area contributed by atoms with Crippen LogP contribution in [0.1, 0.15) is 17.7 Å². The van der Waals surface area contributed by atoms with Crippen molar-refractivity contribution in [3.05, 3.63) is 60.0 Å². The largest absolute Gasteiger partial charge is 0.361 e. The van der Waals surface area contributed by atoms with E-state index in [1.54, 1.807) is 24.5 Å². The summed E-state index contributed by atoms with van der Waals surface area (Å²) < 4.78 is 0. The van der Waals surface area contributed by atoms with Gasteiger partial charge in [0.2, 0.25) is 0 Å². The van der Waals surface area contributed by atoms with E-state index < -0.39 is 11.8 Å². The number of nitriles is 1. The zero-order valence-corrected chi connectivity index (χ0v) is 13.7. The molecule has 0 unspecified atom stereocenters. The molecular formula is C19H15N5O2. The lowest BCUT2D eigenvalue weighted by atomic mass is 9.99. The van der Waals surface area contributed by atoms with Gasteiger partial charge in [0, 0.05) is 41.8 Å². The van der Waals surface area contributed by atoms with E-state index in [1.165, 1.54) is 0 Å². The SMILES string of the molecule is N#CCCNN1C(=O)C(c2ccc[nH]2)=C(c2c[nH]c3ccccc23)C1=O. The predicted molar refractivity (Wildman–Crippen MR) is 96.0 cm³/mol. The van der Waals surface area contributed by atoms with Gasteiger partial charge in [-0.2, -0.15) is 5.26 Å². The fourth-order valence-corrected chi connectivity index (χ4v) is 3.16. The maximum absolute atomic E-state index is 13.0. The Morgan fingerprint density at radius 3 is 2.62 bits per heavy atom. The van der Waals surface area contributed by atoms with Crippen molar-refractivity contribution in [2.24, 2.45) is 0 Å². The number of para-hydroxylation sites is 1. The Hall–Kier alpha value is -3.63. The first kappa shape index (κ1) is 15.9. The van der Waals surface area contributed by atoms with Crippen molar-refractivity contribution < 1.29 is 9.59 Å². The molecule has 3 heterocycles. The van der Waals surface area contributed by atoms with E-state index >= 15 is 0 Å². The summed E-state index contributed by atoms with van der Waals surface area (Å²) in [5.74, 6) is -0.863. The fraction of sp³-hybridized carbons (Fsp3) is 0.105. The van der Waals surface area contributed by atoms with Crippen LogP contribution >= 0.6 is 0 Å². The summed E-state index contributed by atoms with van der Waals surface area (Å²) >= 11 is 0. The monoisotopic (exact) mass is 345 g/mol. The second-order valence-corrected chi connectivity index (χ2v) is 5.84. The number of carbonyl (C=O) groups excluding carboxylic acids is 2. The molecule has 0 aliphatic carbocycles. The first-order valence-corrected chi connectivity index (χ1v) is 8.16. The van der Waals surface area contributed by atoms with Gasteiger partial charge in [-0.05, 0) is 18.2 Å². The second-order valence-electron chi connectivity index (χ2n) is 5.84. The smallest absolute Gasteiger partial charge is 0.278 e. The molecule has 0 atom stereocenters. The summed E-state index contributed by atoms with van der Waals surface area (Å²) in [4.78, 5) is 32.1. The normalized spacial score (nSPS) is 14.5. The summed E-state index contributed by atoms with van der Waals surface area (Å²) in [6, 6.07) is 13.1. The van der Waals surface area contributed by atoms with E-state index in [9.17, 15) is 9.59 Å². The van der Waals surface area contributed by atoms with Crippen LogP contribution in [0, 0.1) is 11.3 Å². The lowest BCUT2D eigenvalue weighted by Gasteiger charge is -2.15. The molecule has 4 rings (SSSR count). The number of hydrogen-bond donors (Lipinski definition) is 3. The minimum absolute atomic E-state index is 0.192. The highest BCUT2D eigenvalue weighted by atomic mass is 16.2. The third-order valence-corrected chi connectivity index (χ3v) is 4.32. The molecule has 3 aromatic rings. The number of rotatable bonds is 5. The number of imide groups is 1. The Morgan fingerprint density at radius 1 is 1.04 bits per heavy atom. The van der Waals surface area contributed by atoms with E-state index in [4.69, 9.17) is 5.26 Å². The standard InChI is InChI=1S/C19H15N5O2/c20-8-4-10-23-24-18(25)16(17(19(24)26)15-7-3-9-21-15)13-11-22-14-6-2-1-5-12(13)14/h1-3,5-7,9,11,21-23H,4,10H2. The number of amides is 2. The summed E-state index contributed by atoms with van der Waals surface area (Å²) in [6.45, 7) is 0.215. The molecule has 3 N–H and O–H groups in total. The van der Waals surface area contributed by atoms with Gasteiger partial charge in [-0.15, -0.1) is 0 Å². The van der Waals surface area contributed by atoms with Crippen LogP contribution < -0.4 is 5.43 Å². The molecule has 7 nitrogen and oxygen atoms in total. The number of fused-ring (bicyclic) bond motifs is 1. The second kappa shape index (κ2) is 6.35. The molecular weight excluding hydrogens is 330 g/mol. The van der Waals surface area contributed by atoms with Crippen LogP contribution in [-0.2, 0) is 9.59 Å². The molecule has 7 heteroatoms. The Morgan fingerprint density at radius 2 is 1.85 bits per heavy atom. The first-order valence-electron chi connectivity index (χ1n) is 8.16. The summed E-state index contributed by atoms with van der Waals surface area (Å²) in [5.41, 5.74) is 5.54. The topological polar surface area (TPSA) is 105 Å². The number of H-pyrrole nitrogens is 2.